The van der Waals surface area contributed by atoms with Crippen molar-refractivity contribution in [2.24, 2.45) is 0 Å². The van der Waals surface area contributed by atoms with E-state index < -0.39 is 0 Å². The van der Waals surface area contributed by atoms with E-state index in [0.29, 0.717) is 0 Å². The van der Waals surface area contributed by atoms with Gasteiger partial charge in [-0.05, 0) is 88.0 Å². The molecule has 208 valence electrons. The normalized spacial score (nSPS) is 11.2. The number of nitrogens with zero attached hydrogens (tertiary/aromatic N) is 1. The van der Waals surface area contributed by atoms with Crippen LogP contribution in [0.25, 0.3) is 53.6 Å². The van der Waals surface area contributed by atoms with Gasteiger partial charge in [-0.1, -0.05) is 121 Å². The number of rotatable bonds is 6. The molecule has 8 rings (SSSR count). The first-order chi connectivity index (χ1) is 21.8. The van der Waals surface area contributed by atoms with Crippen molar-refractivity contribution in [3.8, 4) is 33.4 Å². The van der Waals surface area contributed by atoms with Gasteiger partial charge < -0.3 is 4.90 Å². The van der Waals surface area contributed by atoms with Crippen LogP contribution in [0, 0.1) is 0 Å². The average Bonchev–Trinajstić information content (AvgIpc) is 3.47. The highest BCUT2D eigenvalue weighted by molar-refractivity contribution is 7.25. The number of benzene rings is 7. The van der Waals surface area contributed by atoms with Gasteiger partial charge in [0.25, 0.3) is 0 Å². The van der Waals surface area contributed by atoms with Crippen molar-refractivity contribution in [2.75, 3.05) is 4.90 Å². The highest BCUT2D eigenvalue weighted by atomic mass is 32.1. The zero-order valence-corrected chi connectivity index (χ0v) is 24.9. The maximum atomic E-state index is 2.39. The van der Waals surface area contributed by atoms with Crippen LogP contribution in [0.3, 0.4) is 0 Å². The molecular formula is C42H29NS. The molecule has 0 aliphatic rings. The summed E-state index contributed by atoms with van der Waals surface area (Å²) in [6, 6.07) is 63.3. The summed E-state index contributed by atoms with van der Waals surface area (Å²) in [5.41, 5.74) is 10.8. The topological polar surface area (TPSA) is 3.24 Å². The van der Waals surface area contributed by atoms with Gasteiger partial charge in [0.05, 0.1) is 0 Å². The van der Waals surface area contributed by atoms with Gasteiger partial charge >= 0.3 is 0 Å². The van der Waals surface area contributed by atoms with E-state index in [4.69, 9.17) is 0 Å². The number of fused-ring (bicyclic) bond motifs is 3. The summed E-state index contributed by atoms with van der Waals surface area (Å²) in [6.07, 6.45) is 0. The molecule has 0 N–H and O–H groups in total. The van der Waals surface area contributed by atoms with Crippen LogP contribution in [0.4, 0.5) is 17.1 Å². The lowest BCUT2D eigenvalue weighted by Crippen LogP contribution is -2.09. The molecular weight excluding hydrogens is 551 g/mol. The first kappa shape index (κ1) is 26.2. The third-order valence-corrected chi connectivity index (χ3v) is 9.42. The number of hydrogen-bond donors (Lipinski definition) is 0. The molecule has 0 unspecified atom stereocenters. The molecule has 0 aliphatic carbocycles. The standard InChI is InChI=1S/C42H29NS/c1-4-12-30(13-5-1)31-20-24-35(25-21-31)43(34-16-8-3-9-17-34)36-26-22-33(23-27-36)39-29-42-40(37-18-10-11-19-41(37)44-42)28-38(39)32-14-6-2-7-15-32/h1-29H. The summed E-state index contributed by atoms with van der Waals surface area (Å²) in [5, 5.41) is 2.64. The van der Waals surface area contributed by atoms with Gasteiger partial charge in [-0.15, -0.1) is 11.3 Å². The molecule has 0 aliphatic heterocycles. The number of hydrogen-bond acceptors (Lipinski definition) is 2. The Morgan fingerprint density at radius 1 is 0.318 bits per heavy atom. The molecule has 0 saturated heterocycles. The third-order valence-electron chi connectivity index (χ3n) is 8.29. The van der Waals surface area contributed by atoms with Crippen LogP contribution in [0.5, 0.6) is 0 Å². The maximum absolute atomic E-state index is 2.39. The Balaban J connectivity index is 1.23. The Morgan fingerprint density at radius 2 is 0.773 bits per heavy atom. The summed E-state index contributed by atoms with van der Waals surface area (Å²) in [5.74, 6) is 0. The molecule has 0 spiro atoms. The number of anilines is 3. The highest BCUT2D eigenvalue weighted by Gasteiger charge is 2.16. The molecule has 0 saturated carbocycles. The van der Waals surface area contributed by atoms with Crippen molar-refractivity contribution in [3.63, 3.8) is 0 Å². The minimum absolute atomic E-state index is 1.12. The summed E-state index contributed by atoms with van der Waals surface area (Å²) < 4.78 is 2.64. The Hall–Kier alpha value is -5.44. The fourth-order valence-electron chi connectivity index (χ4n) is 6.11. The lowest BCUT2D eigenvalue weighted by molar-refractivity contribution is 1.28. The summed E-state index contributed by atoms with van der Waals surface area (Å²) in [7, 11) is 0. The molecule has 2 heteroatoms. The van der Waals surface area contributed by atoms with Gasteiger partial charge in [-0.2, -0.15) is 0 Å². The van der Waals surface area contributed by atoms with E-state index in [-0.39, 0.29) is 0 Å². The molecule has 0 amide bonds. The average molecular weight is 580 g/mol. The van der Waals surface area contributed by atoms with E-state index in [1.54, 1.807) is 0 Å². The Labute approximate surface area is 261 Å². The predicted molar refractivity (Wildman–Crippen MR) is 190 cm³/mol. The Bertz CT molecular complexity index is 2180. The largest absolute Gasteiger partial charge is 0.311 e. The van der Waals surface area contributed by atoms with Crippen molar-refractivity contribution in [2.45, 2.75) is 0 Å². The predicted octanol–water partition coefficient (Wildman–Crippen LogP) is 12.5. The fourth-order valence-corrected chi connectivity index (χ4v) is 7.24. The SMILES string of the molecule is c1ccc(-c2ccc(N(c3ccccc3)c3ccc(-c4cc5sc6ccccc6c5cc4-c4ccccc4)cc3)cc2)cc1. The van der Waals surface area contributed by atoms with Gasteiger partial charge in [0.1, 0.15) is 0 Å². The fraction of sp³-hybridized carbons (Fsp3) is 0. The van der Waals surface area contributed by atoms with Crippen molar-refractivity contribution >= 4 is 48.6 Å². The summed E-state index contributed by atoms with van der Waals surface area (Å²) in [4.78, 5) is 2.33. The molecule has 1 aromatic heterocycles. The second-order valence-corrected chi connectivity index (χ2v) is 12.1. The van der Waals surface area contributed by atoms with E-state index >= 15 is 0 Å². The van der Waals surface area contributed by atoms with Gasteiger partial charge in [0, 0.05) is 37.2 Å². The number of thiophene rings is 1. The first-order valence-corrected chi connectivity index (χ1v) is 15.8. The zero-order chi connectivity index (χ0) is 29.3. The van der Waals surface area contributed by atoms with Crippen molar-refractivity contribution in [1.29, 1.82) is 0 Å². The van der Waals surface area contributed by atoms with Crippen LogP contribution >= 0.6 is 11.3 Å². The van der Waals surface area contributed by atoms with Crippen LogP contribution < -0.4 is 4.90 Å². The van der Waals surface area contributed by atoms with Gasteiger partial charge in [-0.25, -0.2) is 0 Å². The molecule has 1 nitrogen and oxygen atoms in total. The first-order valence-electron chi connectivity index (χ1n) is 14.9. The maximum Gasteiger partial charge on any atom is 0.0462 e. The van der Waals surface area contributed by atoms with Gasteiger partial charge in [0.15, 0.2) is 0 Å². The third kappa shape index (κ3) is 4.86. The zero-order valence-electron chi connectivity index (χ0n) is 24.1. The van der Waals surface area contributed by atoms with Gasteiger partial charge in [-0.3, -0.25) is 0 Å². The Kier molecular flexibility index (Phi) is 6.75. The summed E-state index contributed by atoms with van der Waals surface area (Å²) in [6.45, 7) is 0. The van der Waals surface area contributed by atoms with Crippen molar-refractivity contribution in [3.05, 3.63) is 176 Å². The molecule has 8 aromatic rings. The minimum atomic E-state index is 1.12. The molecule has 1 heterocycles. The van der Waals surface area contributed by atoms with E-state index in [1.165, 1.54) is 53.6 Å². The minimum Gasteiger partial charge on any atom is -0.311 e. The highest BCUT2D eigenvalue weighted by Crippen LogP contribution is 2.43. The monoisotopic (exact) mass is 579 g/mol. The second kappa shape index (κ2) is 11.3. The Morgan fingerprint density at radius 3 is 1.43 bits per heavy atom. The van der Waals surface area contributed by atoms with Crippen molar-refractivity contribution < 1.29 is 0 Å². The van der Waals surface area contributed by atoms with Crippen LogP contribution in [-0.2, 0) is 0 Å². The molecule has 7 aromatic carbocycles. The molecule has 44 heavy (non-hydrogen) atoms. The second-order valence-electron chi connectivity index (χ2n) is 11.0. The van der Waals surface area contributed by atoms with E-state index in [0.717, 1.165) is 17.1 Å². The van der Waals surface area contributed by atoms with Crippen LogP contribution in [0.1, 0.15) is 0 Å². The van der Waals surface area contributed by atoms with E-state index in [1.807, 2.05) is 11.3 Å². The molecule has 0 atom stereocenters. The molecule has 0 fully saturated rings. The molecule has 0 bridgehead atoms. The van der Waals surface area contributed by atoms with Crippen LogP contribution in [0.15, 0.2) is 176 Å². The quantitative estimate of drug-likeness (QED) is 0.189. The molecule has 0 radical (unpaired) electrons. The lowest BCUT2D eigenvalue weighted by atomic mass is 9.92. The van der Waals surface area contributed by atoms with Crippen LogP contribution in [-0.4, -0.2) is 0 Å². The lowest BCUT2D eigenvalue weighted by Gasteiger charge is -2.26. The van der Waals surface area contributed by atoms with Crippen LogP contribution in [0.2, 0.25) is 0 Å². The van der Waals surface area contributed by atoms with E-state index in [9.17, 15) is 0 Å². The summed E-state index contributed by atoms with van der Waals surface area (Å²) >= 11 is 1.87. The smallest absolute Gasteiger partial charge is 0.0462 e. The van der Waals surface area contributed by atoms with Gasteiger partial charge in [0.2, 0.25) is 0 Å². The van der Waals surface area contributed by atoms with E-state index in [2.05, 4.69) is 181 Å². The van der Waals surface area contributed by atoms with Crippen molar-refractivity contribution in [1.82, 2.24) is 0 Å². The number of para-hydroxylation sites is 1.